The van der Waals surface area contributed by atoms with Crippen molar-refractivity contribution < 1.29 is 4.79 Å². The predicted octanol–water partition coefficient (Wildman–Crippen LogP) is 2.75. The van der Waals surface area contributed by atoms with Crippen LogP contribution >= 0.6 is 0 Å². The maximum atomic E-state index is 12.1. The molecule has 3 heteroatoms. The number of nitrogen functional groups attached to an aromatic ring is 1. The van der Waals surface area contributed by atoms with E-state index < -0.39 is 0 Å². The number of benzene rings is 1. The Morgan fingerprint density at radius 1 is 1.32 bits per heavy atom. The third-order valence-corrected chi connectivity index (χ3v) is 4.46. The fraction of sp³-hybridized carbons (Fsp3) is 0.562. The summed E-state index contributed by atoms with van der Waals surface area (Å²) in [5, 5.41) is 3.18. The molecule has 3 unspecified atom stereocenters. The Morgan fingerprint density at radius 3 is 2.79 bits per heavy atom. The Bertz CT molecular complexity index is 444. The summed E-state index contributed by atoms with van der Waals surface area (Å²) in [5.41, 5.74) is 7.48. The third kappa shape index (κ3) is 3.49. The molecule has 3 atom stereocenters. The fourth-order valence-corrected chi connectivity index (χ4v) is 2.91. The van der Waals surface area contributed by atoms with Gasteiger partial charge in [0.25, 0.3) is 0 Å². The lowest BCUT2D eigenvalue weighted by Gasteiger charge is -2.34. The molecule has 0 aliphatic heterocycles. The summed E-state index contributed by atoms with van der Waals surface area (Å²) in [7, 11) is 0. The molecule has 0 saturated heterocycles. The zero-order chi connectivity index (χ0) is 13.8. The number of hydrogen-bond donors (Lipinski definition) is 2. The minimum atomic E-state index is 0.0869. The van der Waals surface area contributed by atoms with Gasteiger partial charge < -0.3 is 11.1 Å². The van der Waals surface area contributed by atoms with Crippen LogP contribution in [0.1, 0.15) is 38.7 Å². The zero-order valence-electron chi connectivity index (χ0n) is 11.9. The molecule has 0 bridgehead atoms. The van der Waals surface area contributed by atoms with E-state index in [1.54, 1.807) is 0 Å². The molecule has 1 fully saturated rings. The number of carbonyl (C=O) groups excluding carboxylic acids is 1. The Labute approximate surface area is 115 Å². The summed E-state index contributed by atoms with van der Waals surface area (Å²) in [6.07, 6.45) is 3.97. The van der Waals surface area contributed by atoms with Gasteiger partial charge in [0, 0.05) is 11.7 Å². The van der Waals surface area contributed by atoms with Crippen LogP contribution in [0.2, 0.25) is 0 Å². The second-order valence-electron chi connectivity index (χ2n) is 5.82. The van der Waals surface area contributed by atoms with Gasteiger partial charge in [0.1, 0.15) is 0 Å². The topological polar surface area (TPSA) is 55.1 Å². The maximum Gasteiger partial charge on any atom is 0.224 e. The quantitative estimate of drug-likeness (QED) is 0.821. The molecule has 1 amide bonds. The molecule has 2 rings (SSSR count). The number of para-hydroxylation sites is 1. The van der Waals surface area contributed by atoms with Crippen LogP contribution in [0, 0.1) is 11.8 Å². The molecule has 0 radical (unpaired) electrons. The molecule has 19 heavy (non-hydrogen) atoms. The number of anilines is 1. The minimum absolute atomic E-state index is 0.0869. The minimum Gasteiger partial charge on any atom is -0.398 e. The zero-order valence-corrected chi connectivity index (χ0v) is 11.9. The average Bonchev–Trinajstić information content (AvgIpc) is 2.38. The molecule has 0 spiro atoms. The molecule has 1 aliphatic carbocycles. The molecule has 0 heterocycles. The number of carbonyl (C=O) groups is 1. The normalized spacial score (nSPS) is 26.9. The van der Waals surface area contributed by atoms with Crippen molar-refractivity contribution in [2.45, 2.75) is 45.6 Å². The number of rotatable bonds is 3. The average molecular weight is 260 g/mol. The van der Waals surface area contributed by atoms with Gasteiger partial charge >= 0.3 is 0 Å². The molecule has 3 nitrogen and oxygen atoms in total. The summed E-state index contributed by atoms with van der Waals surface area (Å²) in [4.78, 5) is 12.1. The highest BCUT2D eigenvalue weighted by atomic mass is 16.1. The van der Waals surface area contributed by atoms with Gasteiger partial charge in [-0.1, -0.05) is 44.9 Å². The van der Waals surface area contributed by atoms with Crippen LogP contribution in [0.5, 0.6) is 0 Å². The Morgan fingerprint density at radius 2 is 2.05 bits per heavy atom. The van der Waals surface area contributed by atoms with E-state index in [1.807, 2.05) is 24.3 Å². The summed E-state index contributed by atoms with van der Waals surface area (Å²) in [6.45, 7) is 4.52. The molecular weight excluding hydrogens is 236 g/mol. The van der Waals surface area contributed by atoms with E-state index in [0.717, 1.165) is 12.0 Å². The fourth-order valence-electron chi connectivity index (χ4n) is 2.91. The van der Waals surface area contributed by atoms with Gasteiger partial charge in [-0.05, 0) is 29.9 Å². The predicted molar refractivity (Wildman–Crippen MR) is 78.7 cm³/mol. The van der Waals surface area contributed by atoms with Crippen molar-refractivity contribution in [2.75, 3.05) is 5.73 Å². The largest absolute Gasteiger partial charge is 0.398 e. The first-order valence-electron chi connectivity index (χ1n) is 7.20. The van der Waals surface area contributed by atoms with Crippen molar-refractivity contribution in [1.82, 2.24) is 5.32 Å². The van der Waals surface area contributed by atoms with Gasteiger partial charge in [-0.3, -0.25) is 4.79 Å². The van der Waals surface area contributed by atoms with Gasteiger partial charge in [0.15, 0.2) is 0 Å². The summed E-state index contributed by atoms with van der Waals surface area (Å²) >= 11 is 0. The maximum absolute atomic E-state index is 12.1. The van der Waals surface area contributed by atoms with E-state index in [0.29, 0.717) is 30.0 Å². The van der Waals surface area contributed by atoms with Gasteiger partial charge in [-0.15, -0.1) is 0 Å². The molecular formula is C16H24N2O. The number of hydrogen-bond acceptors (Lipinski definition) is 2. The second kappa shape index (κ2) is 6.09. The SMILES string of the molecule is CC1CCCC(NC(=O)Cc2ccccc2N)C1C. The summed E-state index contributed by atoms with van der Waals surface area (Å²) in [5.74, 6) is 1.34. The standard InChI is InChI=1S/C16H24N2O/c1-11-6-5-9-15(12(11)2)18-16(19)10-13-7-3-4-8-14(13)17/h3-4,7-8,11-12,15H,5-6,9-10,17H2,1-2H3,(H,18,19). The lowest BCUT2D eigenvalue weighted by atomic mass is 9.78. The molecule has 1 saturated carbocycles. The highest BCUT2D eigenvalue weighted by Crippen LogP contribution is 2.29. The summed E-state index contributed by atoms with van der Waals surface area (Å²) < 4.78 is 0. The Hall–Kier alpha value is -1.51. The van der Waals surface area contributed by atoms with Crippen molar-refractivity contribution in [3.05, 3.63) is 29.8 Å². The number of nitrogens with two attached hydrogens (primary N) is 1. The van der Waals surface area contributed by atoms with Gasteiger partial charge in [-0.25, -0.2) is 0 Å². The summed E-state index contributed by atoms with van der Waals surface area (Å²) in [6, 6.07) is 7.89. The van der Waals surface area contributed by atoms with Crippen LogP contribution in [0.4, 0.5) is 5.69 Å². The first-order chi connectivity index (χ1) is 9.08. The van der Waals surface area contributed by atoms with Gasteiger partial charge in [0.2, 0.25) is 5.91 Å². The smallest absolute Gasteiger partial charge is 0.224 e. The van der Waals surface area contributed by atoms with Crippen molar-refractivity contribution in [3.8, 4) is 0 Å². The monoisotopic (exact) mass is 260 g/mol. The van der Waals surface area contributed by atoms with E-state index in [2.05, 4.69) is 19.2 Å². The van der Waals surface area contributed by atoms with E-state index >= 15 is 0 Å². The van der Waals surface area contributed by atoms with Crippen LogP contribution in [0.15, 0.2) is 24.3 Å². The van der Waals surface area contributed by atoms with Crippen molar-refractivity contribution in [2.24, 2.45) is 11.8 Å². The van der Waals surface area contributed by atoms with Crippen LogP contribution < -0.4 is 11.1 Å². The van der Waals surface area contributed by atoms with Crippen LogP contribution in [0.3, 0.4) is 0 Å². The van der Waals surface area contributed by atoms with Crippen LogP contribution in [0.25, 0.3) is 0 Å². The van der Waals surface area contributed by atoms with Gasteiger partial charge in [0.05, 0.1) is 6.42 Å². The van der Waals surface area contributed by atoms with E-state index in [1.165, 1.54) is 12.8 Å². The lowest BCUT2D eigenvalue weighted by Crippen LogP contribution is -2.44. The Kier molecular flexibility index (Phi) is 4.46. The van der Waals surface area contributed by atoms with Crippen molar-refractivity contribution in [3.63, 3.8) is 0 Å². The molecule has 104 valence electrons. The molecule has 3 N–H and O–H groups in total. The molecule has 1 aromatic carbocycles. The van der Waals surface area contributed by atoms with Crippen LogP contribution in [-0.4, -0.2) is 11.9 Å². The third-order valence-electron chi connectivity index (χ3n) is 4.46. The molecule has 0 aromatic heterocycles. The van der Waals surface area contributed by atoms with E-state index in [4.69, 9.17) is 5.73 Å². The van der Waals surface area contributed by atoms with E-state index in [9.17, 15) is 4.79 Å². The molecule has 1 aromatic rings. The highest BCUT2D eigenvalue weighted by Gasteiger charge is 2.28. The highest BCUT2D eigenvalue weighted by molar-refractivity contribution is 5.80. The van der Waals surface area contributed by atoms with Crippen molar-refractivity contribution >= 4 is 11.6 Å². The van der Waals surface area contributed by atoms with E-state index in [-0.39, 0.29) is 5.91 Å². The van der Waals surface area contributed by atoms with Crippen LogP contribution in [-0.2, 0) is 11.2 Å². The second-order valence-corrected chi connectivity index (χ2v) is 5.82. The number of nitrogens with one attached hydrogen (secondary N) is 1. The molecule has 1 aliphatic rings. The van der Waals surface area contributed by atoms with Gasteiger partial charge in [-0.2, -0.15) is 0 Å². The number of amides is 1. The Balaban J connectivity index is 1.93. The first-order valence-corrected chi connectivity index (χ1v) is 7.20. The van der Waals surface area contributed by atoms with Crippen molar-refractivity contribution in [1.29, 1.82) is 0 Å². The lowest BCUT2D eigenvalue weighted by molar-refractivity contribution is -0.121. The first kappa shape index (κ1) is 13.9.